The van der Waals surface area contributed by atoms with Crippen LogP contribution in [0.3, 0.4) is 0 Å². The van der Waals surface area contributed by atoms with Gasteiger partial charge in [-0.05, 0) is 65.7 Å². The number of fused-ring (bicyclic) bond motifs is 1. The maximum Gasteiger partial charge on any atom is 0.265 e. The van der Waals surface area contributed by atoms with E-state index in [1.807, 2.05) is 6.07 Å². The fourth-order valence-electron chi connectivity index (χ4n) is 3.12. The highest BCUT2D eigenvalue weighted by molar-refractivity contribution is 7.98. The molecular formula is C20H19N3O2S2. The van der Waals surface area contributed by atoms with E-state index >= 15 is 0 Å². The third kappa shape index (κ3) is 3.84. The number of thioether (sulfide) groups is 1. The zero-order chi connectivity index (χ0) is 18.8. The van der Waals surface area contributed by atoms with Crippen LogP contribution in [-0.2, 0) is 6.42 Å². The van der Waals surface area contributed by atoms with E-state index < -0.39 is 0 Å². The second-order valence-electron chi connectivity index (χ2n) is 6.39. The van der Waals surface area contributed by atoms with E-state index in [9.17, 15) is 4.79 Å². The fraction of sp³-hybridized carbons (Fsp3) is 0.250. The summed E-state index contributed by atoms with van der Waals surface area (Å²) in [6, 6.07) is 14.9. The van der Waals surface area contributed by atoms with Gasteiger partial charge >= 0.3 is 0 Å². The van der Waals surface area contributed by atoms with Crippen LogP contribution in [0.4, 0.5) is 0 Å². The van der Waals surface area contributed by atoms with Crippen molar-refractivity contribution in [2.24, 2.45) is 0 Å². The number of carbonyl (C=O) groups excluding carboxylic acids is 1. The van der Waals surface area contributed by atoms with Gasteiger partial charge < -0.3 is 10.1 Å². The van der Waals surface area contributed by atoms with Crippen molar-refractivity contribution in [3.63, 3.8) is 0 Å². The molecule has 0 bridgehead atoms. The van der Waals surface area contributed by atoms with Crippen molar-refractivity contribution < 1.29 is 9.53 Å². The van der Waals surface area contributed by atoms with Gasteiger partial charge in [-0.1, -0.05) is 22.7 Å². The lowest BCUT2D eigenvalue weighted by molar-refractivity contribution is 0.0937. The third-order valence-electron chi connectivity index (χ3n) is 4.57. The molecule has 0 spiro atoms. The van der Waals surface area contributed by atoms with Crippen LogP contribution in [0.15, 0.2) is 47.4 Å². The van der Waals surface area contributed by atoms with Gasteiger partial charge in [0.25, 0.3) is 5.91 Å². The smallest absolute Gasteiger partial charge is 0.265 e. The van der Waals surface area contributed by atoms with Crippen LogP contribution < -0.4 is 10.1 Å². The van der Waals surface area contributed by atoms with Crippen molar-refractivity contribution in [2.75, 3.05) is 12.8 Å². The maximum absolute atomic E-state index is 12.2. The summed E-state index contributed by atoms with van der Waals surface area (Å²) in [6.45, 7) is 2.25. The van der Waals surface area contributed by atoms with Crippen LogP contribution in [-0.4, -0.2) is 34.4 Å². The second kappa shape index (κ2) is 7.70. The highest BCUT2D eigenvalue weighted by atomic mass is 32.2. The van der Waals surface area contributed by atoms with Crippen molar-refractivity contribution >= 4 is 29.2 Å². The molecule has 1 N–H and O–H groups in total. The van der Waals surface area contributed by atoms with Gasteiger partial charge in [-0.2, -0.15) is 0 Å². The quantitative estimate of drug-likeness (QED) is 0.660. The Morgan fingerprint density at radius 1 is 1.26 bits per heavy atom. The van der Waals surface area contributed by atoms with Crippen molar-refractivity contribution in [2.45, 2.75) is 24.3 Å². The number of aryl methyl sites for hydroxylation is 1. The Hall–Kier alpha value is -2.38. The lowest BCUT2D eigenvalue weighted by Gasteiger charge is -2.11. The Bertz CT molecular complexity index is 970. The van der Waals surface area contributed by atoms with Crippen LogP contribution in [0.25, 0.3) is 11.1 Å². The van der Waals surface area contributed by atoms with E-state index in [1.54, 1.807) is 18.7 Å². The minimum absolute atomic E-state index is 0.0562. The Balaban J connectivity index is 1.41. The van der Waals surface area contributed by atoms with Gasteiger partial charge in [-0.15, -0.1) is 16.9 Å². The molecule has 0 saturated heterocycles. The number of nitrogens with one attached hydrogen (secondary N) is 1. The summed E-state index contributed by atoms with van der Waals surface area (Å²) in [5.74, 6) is 0.756. The molecule has 0 aliphatic carbocycles. The van der Waals surface area contributed by atoms with Gasteiger partial charge in [0.15, 0.2) is 0 Å². The van der Waals surface area contributed by atoms with Gasteiger partial charge in [0, 0.05) is 11.3 Å². The highest BCUT2D eigenvalue weighted by Crippen LogP contribution is 2.33. The first-order valence-corrected chi connectivity index (χ1v) is 10.6. The summed E-state index contributed by atoms with van der Waals surface area (Å²) in [4.78, 5) is 14.0. The fourth-order valence-corrected chi connectivity index (χ4v) is 4.11. The number of amides is 1. The number of aromatic nitrogens is 2. The Labute approximate surface area is 166 Å². The molecule has 1 aromatic heterocycles. The van der Waals surface area contributed by atoms with E-state index in [1.165, 1.54) is 21.6 Å². The molecule has 1 amide bonds. The van der Waals surface area contributed by atoms with Gasteiger partial charge in [-0.3, -0.25) is 4.79 Å². The SMILES string of the molecule is CSc1ccc(-c2ccc3c(c2)CC(CNC(=O)c2snnc2C)O3)cc1. The van der Waals surface area contributed by atoms with E-state index in [0.29, 0.717) is 17.1 Å². The van der Waals surface area contributed by atoms with Crippen molar-refractivity contribution in [1.82, 2.24) is 14.9 Å². The van der Waals surface area contributed by atoms with Gasteiger partial charge in [-0.25, -0.2) is 0 Å². The highest BCUT2D eigenvalue weighted by Gasteiger charge is 2.24. The van der Waals surface area contributed by atoms with E-state index in [-0.39, 0.29) is 12.0 Å². The Morgan fingerprint density at radius 3 is 2.74 bits per heavy atom. The van der Waals surface area contributed by atoms with Crippen molar-refractivity contribution in [3.05, 3.63) is 58.6 Å². The van der Waals surface area contributed by atoms with E-state index in [4.69, 9.17) is 4.74 Å². The maximum atomic E-state index is 12.2. The molecule has 138 valence electrons. The predicted molar refractivity (Wildman–Crippen MR) is 109 cm³/mol. The molecule has 27 heavy (non-hydrogen) atoms. The number of benzene rings is 2. The van der Waals surface area contributed by atoms with Crippen molar-refractivity contribution in [1.29, 1.82) is 0 Å². The number of rotatable bonds is 5. The Kier molecular flexibility index (Phi) is 5.13. The molecule has 3 aromatic rings. The largest absolute Gasteiger partial charge is 0.488 e. The minimum Gasteiger partial charge on any atom is -0.488 e. The van der Waals surface area contributed by atoms with Crippen LogP contribution in [0.2, 0.25) is 0 Å². The van der Waals surface area contributed by atoms with Crippen molar-refractivity contribution in [3.8, 4) is 16.9 Å². The summed E-state index contributed by atoms with van der Waals surface area (Å²) in [5, 5.41) is 6.80. The molecule has 1 unspecified atom stereocenters. The molecule has 7 heteroatoms. The average molecular weight is 398 g/mol. The predicted octanol–water partition coefficient (Wildman–Crippen LogP) is 3.97. The second-order valence-corrected chi connectivity index (χ2v) is 8.03. The van der Waals surface area contributed by atoms with Crippen LogP contribution in [0.1, 0.15) is 20.9 Å². The van der Waals surface area contributed by atoms with E-state index in [2.05, 4.69) is 57.6 Å². The molecule has 1 aliphatic rings. The summed E-state index contributed by atoms with van der Waals surface area (Å²) in [7, 11) is 0. The molecule has 1 aliphatic heterocycles. The molecule has 5 nitrogen and oxygen atoms in total. The topological polar surface area (TPSA) is 64.1 Å². The molecule has 1 atom stereocenters. The zero-order valence-electron chi connectivity index (χ0n) is 15.1. The molecule has 2 aromatic carbocycles. The Morgan fingerprint density at radius 2 is 2.04 bits per heavy atom. The van der Waals surface area contributed by atoms with Crippen LogP contribution >= 0.6 is 23.3 Å². The van der Waals surface area contributed by atoms with Gasteiger partial charge in [0.1, 0.15) is 16.7 Å². The number of ether oxygens (including phenoxy) is 1. The molecule has 0 radical (unpaired) electrons. The minimum atomic E-state index is -0.142. The number of carbonyl (C=O) groups is 1. The summed E-state index contributed by atoms with van der Waals surface area (Å²) in [6.07, 6.45) is 2.80. The number of nitrogens with zero attached hydrogens (tertiary/aromatic N) is 2. The van der Waals surface area contributed by atoms with Crippen LogP contribution in [0, 0.1) is 6.92 Å². The van der Waals surface area contributed by atoms with E-state index in [0.717, 1.165) is 23.7 Å². The molecule has 0 saturated carbocycles. The molecule has 4 rings (SSSR count). The molecular weight excluding hydrogens is 378 g/mol. The number of hydrogen-bond acceptors (Lipinski definition) is 6. The standard InChI is InChI=1S/C20H19N3O2S2/c1-12-19(27-23-22-12)20(24)21-11-16-10-15-9-14(5-8-18(15)25-16)13-3-6-17(26-2)7-4-13/h3-9,16H,10-11H2,1-2H3,(H,21,24). The lowest BCUT2D eigenvalue weighted by Crippen LogP contribution is -2.34. The number of hydrogen-bond donors (Lipinski definition) is 1. The molecule has 0 fully saturated rings. The zero-order valence-corrected chi connectivity index (χ0v) is 16.7. The molecule has 2 heterocycles. The van der Waals surface area contributed by atoms with Crippen LogP contribution in [0.5, 0.6) is 5.75 Å². The average Bonchev–Trinajstić information content (AvgIpc) is 3.31. The summed E-state index contributed by atoms with van der Waals surface area (Å²) in [5.41, 5.74) is 4.21. The summed E-state index contributed by atoms with van der Waals surface area (Å²) >= 11 is 2.85. The third-order valence-corrected chi connectivity index (χ3v) is 6.14. The first-order chi connectivity index (χ1) is 13.1. The van der Waals surface area contributed by atoms with Gasteiger partial charge in [0.05, 0.1) is 12.2 Å². The normalized spacial score (nSPS) is 15.3. The monoisotopic (exact) mass is 397 g/mol. The first-order valence-electron chi connectivity index (χ1n) is 8.65. The summed E-state index contributed by atoms with van der Waals surface area (Å²) < 4.78 is 9.79. The first kappa shape index (κ1) is 18.0. The van der Waals surface area contributed by atoms with Gasteiger partial charge in [0.2, 0.25) is 0 Å². The lowest BCUT2D eigenvalue weighted by atomic mass is 10.0.